The Balaban J connectivity index is 1.49. The molecule has 1 saturated heterocycles. The Morgan fingerprint density at radius 1 is 0.885 bits per heavy atom. The highest BCUT2D eigenvalue weighted by Crippen LogP contribution is 2.39. The Labute approximate surface area is 159 Å². The molecule has 1 aliphatic heterocycles. The Hall–Kier alpha value is -2.28. The zero-order chi connectivity index (χ0) is 18.5. The van der Waals surface area contributed by atoms with Crippen LogP contribution in [-0.2, 0) is 14.3 Å². The fourth-order valence-electron chi connectivity index (χ4n) is 2.32. The van der Waals surface area contributed by atoms with Gasteiger partial charge < -0.3 is 19.5 Å². The van der Waals surface area contributed by atoms with E-state index in [1.807, 2.05) is 24.3 Å². The molecule has 8 heteroatoms. The first-order valence-corrected chi connectivity index (χ1v) is 8.51. The molecule has 6 nitrogen and oxygen atoms in total. The third-order valence-corrected chi connectivity index (χ3v) is 3.79. The summed E-state index contributed by atoms with van der Waals surface area (Å²) in [5, 5.41) is 2.15. The number of anilines is 1. The average Bonchev–Trinajstić information content (AvgIpc) is 3.39. The van der Waals surface area contributed by atoms with E-state index in [9.17, 15) is 9.59 Å². The number of rotatable bonds is 9. The first kappa shape index (κ1) is 18.5. The maximum absolute atomic E-state index is 10.7. The highest BCUT2D eigenvalue weighted by atomic mass is 35.5. The van der Waals surface area contributed by atoms with E-state index in [0.29, 0.717) is 11.5 Å². The molecule has 0 spiro atoms. The van der Waals surface area contributed by atoms with E-state index in [1.165, 1.54) is 0 Å². The number of halogens is 2. The van der Waals surface area contributed by atoms with Crippen LogP contribution in [0.5, 0.6) is 11.5 Å². The van der Waals surface area contributed by atoms with Crippen LogP contribution in [0.4, 0.5) is 5.69 Å². The van der Waals surface area contributed by atoms with E-state index in [1.54, 1.807) is 24.3 Å². The monoisotopic (exact) mass is 395 g/mol. The largest absolute Gasteiger partial charge is 0.484 e. The fraction of sp³-hybridized carbons (Fsp3) is 0.222. The molecule has 0 aromatic heterocycles. The molecule has 3 rings (SSSR count). The topological polar surface area (TPSA) is 77.2 Å². The molecule has 2 atom stereocenters. The number of nitrogens with one attached hydrogen (secondary N) is 1. The van der Waals surface area contributed by atoms with Crippen LogP contribution >= 0.6 is 23.2 Å². The van der Waals surface area contributed by atoms with Gasteiger partial charge in [0.15, 0.2) is 19.4 Å². The predicted octanol–water partition coefficient (Wildman–Crippen LogP) is 3.48. The zero-order valence-corrected chi connectivity index (χ0v) is 15.0. The van der Waals surface area contributed by atoms with Crippen LogP contribution in [0.2, 0.25) is 0 Å². The summed E-state index contributed by atoms with van der Waals surface area (Å²) >= 11 is 10.5. The van der Waals surface area contributed by atoms with Crippen molar-refractivity contribution in [3.05, 3.63) is 54.1 Å². The van der Waals surface area contributed by atoms with Crippen molar-refractivity contribution >= 4 is 39.4 Å². The third-order valence-electron chi connectivity index (χ3n) is 3.57. The van der Waals surface area contributed by atoms with Crippen molar-refractivity contribution in [2.45, 2.75) is 12.3 Å². The summed E-state index contributed by atoms with van der Waals surface area (Å²) in [6, 6.07) is 14.4. The van der Waals surface area contributed by atoms with Gasteiger partial charge in [0.1, 0.15) is 17.6 Å². The lowest BCUT2D eigenvalue weighted by Crippen LogP contribution is -2.06. The molecule has 26 heavy (non-hydrogen) atoms. The second-order valence-electron chi connectivity index (χ2n) is 5.50. The van der Waals surface area contributed by atoms with Gasteiger partial charge in [-0.15, -0.1) is 0 Å². The Morgan fingerprint density at radius 3 is 1.88 bits per heavy atom. The summed E-state index contributed by atoms with van der Waals surface area (Å²) in [5.74, 6) is 1.13. The van der Waals surface area contributed by atoms with Crippen LogP contribution < -0.4 is 14.8 Å². The van der Waals surface area contributed by atoms with E-state index < -0.39 is 10.5 Å². The van der Waals surface area contributed by atoms with Crippen molar-refractivity contribution in [1.82, 2.24) is 0 Å². The fourth-order valence-corrected chi connectivity index (χ4v) is 2.43. The summed E-state index contributed by atoms with van der Waals surface area (Å²) in [6.07, 6.45) is -0.203. The van der Waals surface area contributed by atoms with E-state index >= 15 is 0 Å². The van der Waals surface area contributed by atoms with Crippen LogP contribution in [0.25, 0.3) is 0 Å². The molecule has 0 saturated carbocycles. The van der Waals surface area contributed by atoms with Gasteiger partial charge >= 0.3 is 0 Å². The van der Waals surface area contributed by atoms with Gasteiger partial charge in [-0.05, 0) is 65.2 Å². The van der Waals surface area contributed by atoms with Crippen LogP contribution in [0.15, 0.2) is 48.5 Å². The number of carbonyl (C=O) groups is 2. The lowest BCUT2D eigenvalue weighted by molar-refractivity contribution is -0.114. The molecule has 0 radical (unpaired) electrons. The second kappa shape index (κ2) is 8.40. The van der Waals surface area contributed by atoms with Gasteiger partial charge in [0.2, 0.25) is 0 Å². The van der Waals surface area contributed by atoms with Crippen molar-refractivity contribution in [3.8, 4) is 11.5 Å². The Bertz CT molecular complexity index is 779. The molecular weight excluding hydrogens is 381 g/mol. The standard InChI is InChI=1S/C18H15Cl2NO5/c19-15(22)9-24-13-5-1-11(2-6-13)17-18(26-17)21-12-3-7-14(8-4-12)25-10-16(20)23/h1-8,17-18,21H,9-10H2. The average molecular weight is 396 g/mol. The predicted molar refractivity (Wildman–Crippen MR) is 96.8 cm³/mol. The van der Waals surface area contributed by atoms with E-state index in [4.69, 9.17) is 37.4 Å². The number of ether oxygens (including phenoxy) is 3. The zero-order valence-electron chi connectivity index (χ0n) is 13.5. The van der Waals surface area contributed by atoms with E-state index in [-0.39, 0.29) is 25.5 Å². The van der Waals surface area contributed by atoms with Crippen molar-refractivity contribution < 1.29 is 23.8 Å². The van der Waals surface area contributed by atoms with Gasteiger partial charge in [-0.25, -0.2) is 0 Å². The summed E-state index contributed by atoms with van der Waals surface area (Å²) in [6.45, 7) is -0.329. The molecule has 1 heterocycles. The van der Waals surface area contributed by atoms with Crippen molar-refractivity contribution in [2.75, 3.05) is 18.5 Å². The molecule has 2 unspecified atom stereocenters. The number of epoxide rings is 1. The summed E-state index contributed by atoms with van der Waals surface area (Å²) in [5.41, 5.74) is 1.86. The van der Waals surface area contributed by atoms with E-state index in [0.717, 1.165) is 11.3 Å². The first-order chi connectivity index (χ1) is 12.5. The molecule has 2 aromatic carbocycles. The lowest BCUT2D eigenvalue weighted by Gasteiger charge is -2.06. The molecule has 0 amide bonds. The Kier molecular flexibility index (Phi) is 5.98. The smallest absolute Gasteiger partial charge is 0.259 e. The molecular formula is C18H15Cl2NO5. The molecule has 0 aliphatic carbocycles. The summed E-state index contributed by atoms with van der Waals surface area (Å²) < 4.78 is 16.0. The molecule has 2 aromatic rings. The van der Waals surface area contributed by atoms with Gasteiger partial charge in [0.25, 0.3) is 10.5 Å². The van der Waals surface area contributed by atoms with E-state index in [2.05, 4.69) is 5.32 Å². The summed E-state index contributed by atoms with van der Waals surface area (Å²) in [7, 11) is 0. The highest BCUT2D eigenvalue weighted by molar-refractivity contribution is 6.64. The van der Waals surface area contributed by atoms with Gasteiger partial charge in [-0.1, -0.05) is 12.1 Å². The van der Waals surface area contributed by atoms with Gasteiger partial charge in [0, 0.05) is 5.69 Å². The highest BCUT2D eigenvalue weighted by Gasteiger charge is 2.40. The number of hydrogen-bond donors (Lipinski definition) is 1. The summed E-state index contributed by atoms with van der Waals surface area (Å²) in [4.78, 5) is 21.4. The van der Waals surface area contributed by atoms with Crippen LogP contribution in [0.3, 0.4) is 0 Å². The molecule has 1 aliphatic rings. The normalized spacial score (nSPS) is 18.1. The van der Waals surface area contributed by atoms with Gasteiger partial charge in [0.05, 0.1) is 0 Å². The quantitative estimate of drug-likeness (QED) is 0.517. The van der Waals surface area contributed by atoms with Crippen LogP contribution in [0, 0.1) is 0 Å². The minimum atomic E-state index is -0.549. The minimum Gasteiger partial charge on any atom is -0.484 e. The van der Waals surface area contributed by atoms with Crippen LogP contribution in [0.1, 0.15) is 11.7 Å². The van der Waals surface area contributed by atoms with Crippen molar-refractivity contribution in [2.24, 2.45) is 0 Å². The maximum Gasteiger partial charge on any atom is 0.259 e. The number of carbonyl (C=O) groups excluding carboxylic acids is 2. The Morgan fingerprint density at radius 2 is 1.38 bits per heavy atom. The van der Waals surface area contributed by atoms with Crippen molar-refractivity contribution in [1.29, 1.82) is 0 Å². The molecule has 136 valence electrons. The first-order valence-electron chi connectivity index (χ1n) is 7.75. The lowest BCUT2D eigenvalue weighted by atomic mass is 10.1. The maximum atomic E-state index is 10.7. The van der Waals surface area contributed by atoms with Gasteiger partial charge in [-0.2, -0.15) is 0 Å². The SMILES string of the molecule is O=C(Cl)COc1ccc(NC2OC2c2ccc(OCC(=O)Cl)cc2)cc1. The number of benzene rings is 2. The van der Waals surface area contributed by atoms with Crippen LogP contribution in [-0.4, -0.2) is 29.9 Å². The number of hydrogen-bond acceptors (Lipinski definition) is 6. The molecule has 1 fully saturated rings. The minimum absolute atomic E-state index is 0.0662. The second-order valence-corrected chi connectivity index (χ2v) is 6.35. The van der Waals surface area contributed by atoms with Crippen molar-refractivity contribution in [3.63, 3.8) is 0 Å². The molecule has 1 N–H and O–H groups in total. The van der Waals surface area contributed by atoms with Gasteiger partial charge in [-0.3, -0.25) is 9.59 Å². The third kappa shape index (κ3) is 5.36. The molecule has 0 bridgehead atoms.